The maximum absolute atomic E-state index is 10.1. The number of rotatable bonds is 2. The molecule has 3 heteroatoms. The van der Waals surface area contributed by atoms with Gasteiger partial charge in [0.2, 0.25) is 0 Å². The van der Waals surface area contributed by atoms with Gasteiger partial charge in [-0.15, -0.1) is 0 Å². The number of hydrogen-bond donors (Lipinski definition) is 1. The number of para-hydroxylation sites is 1. The topological polar surface area (TPSA) is 29.1 Å². The Morgan fingerprint density at radius 2 is 1.89 bits per heavy atom. The molecule has 0 aliphatic rings. The van der Waals surface area contributed by atoms with Gasteiger partial charge in [0.15, 0.2) is 0 Å². The molecular formula is C6H7NOSi. The van der Waals surface area contributed by atoms with Crippen molar-refractivity contribution in [1.82, 2.24) is 0 Å². The van der Waals surface area contributed by atoms with Gasteiger partial charge in [-0.3, -0.25) is 0 Å². The second-order valence-corrected chi connectivity index (χ2v) is 2.15. The monoisotopic (exact) mass is 137 g/mol. The fourth-order valence-corrected chi connectivity index (χ4v) is 0.931. The second-order valence-electron chi connectivity index (χ2n) is 1.63. The molecule has 0 aliphatic heterocycles. The van der Waals surface area contributed by atoms with Gasteiger partial charge in [-0.25, -0.2) is 0 Å². The molecule has 0 saturated heterocycles. The fraction of sp³-hybridized carbons (Fsp3) is 0. The molecule has 1 aromatic carbocycles. The molecule has 0 spiro atoms. The third-order valence-electron chi connectivity index (χ3n) is 0.999. The molecule has 0 heterocycles. The van der Waals surface area contributed by atoms with Crippen LogP contribution in [0.2, 0.25) is 0 Å². The van der Waals surface area contributed by atoms with Crippen molar-refractivity contribution in [3.63, 3.8) is 0 Å². The van der Waals surface area contributed by atoms with Gasteiger partial charge in [-0.1, -0.05) is 18.2 Å². The van der Waals surface area contributed by atoms with E-state index in [1.165, 1.54) is 0 Å². The van der Waals surface area contributed by atoms with Gasteiger partial charge < -0.3 is 9.44 Å². The van der Waals surface area contributed by atoms with E-state index in [9.17, 15) is 4.46 Å². The molecule has 0 amide bonds. The maximum atomic E-state index is 10.1. The predicted molar refractivity (Wildman–Crippen MR) is 37.9 cm³/mol. The molecule has 1 aromatic rings. The number of benzene rings is 1. The summed E-state index contributed by atoms with van der Waals surface area (Å²) < 4.78 is 10.1. The van der Waals surface area contributed by atoms with Crippen molar-refractivity contribution >= 4 is 15.3 Å². The molecule has 0 aliphatic carbocycles. The van der Waals surface area contributed by atoms with E-state index in [-0.39, 0.29) is 0 Å². The first-order valence-corrected chi connectivity index (χ1v) is 3.73. The quantitative estimate of drug-likeness (QED) is 0.611. The molecule has 0 atom stereocenters. The standard InChI is InChI=1S/C6H7NOSi/c8-9-7-6-4-2-1-3-5-6/h1-5,7,9H. The SMILES string of the molecule is O=[SiH]Nc1ccccc1. The third-order valence-corrected chi connectivity index (χ3v) is 1.45. The summed E-state index contributed by atoms with van der Waals surface area (Å²) in [5.74, 6) is 0. The van der Waals surface area contributed by atoms with Crippen LogP contribution in [0, 0.1) is 0 Å². The van der Waals surface area contributed by atoms with Crippen molar-refractivity contribution in [3.8, 4) is 0 Å². The van der Waals surface area contributed by atoms with E-state index in [2.05, 4.69) is 4.98 Å². The second kappa shape index (κ2) is 3.14. The predicted octanol–water partition coefficient (Wildman–Crippen LogP) is 0.795. The summed E-state index contributed by atoms with van der Waals surface area (Å²) in [6, 6.07) is 9.48. The average Bonchev–Trinajstić information content (AvgIpc) is 1.91. The summed E-state index contributed by atoms with van der Waals surface area (Å²) >= 11 is 0. The number of hydrogen-bond acceptors (Lipinski definition) is 1. The normalized spacial score (nSPS) is 8.44. The number of nitrogens with one attached hydrogen (secondary N) is 1. The molecule has 2 nitrogen and oxygen atoms in total. The van der Waals surface area contributed by atoms with Crippen LogP contribution in [0.5, 0.6) is 0 Å². The highest BCUT2D eigenvalue weighted by Crippen LogP contribution is 2.01. The Bertz CT molecular complexity index is 188. The molecule has 0 aromatic heterocycles. The third kappa shape index (κ3) is 1.77. The molecule has 0 saturated carbocycles. The van der Waals surface area contributed by atoms with Gasteiger partial charge in [0.1, 0.15) is 0 Å². The summed E-state index contributed by atoms with van der Waals surface area (Å²) in [6.45, 7) is 0. The van der Waals surface area contributed by atoms with Crippen LogP contribution in [0.1, 0.15) is 0 Å². The molecule has 46 valence electrons. The van der Waals surface area contributed by atoms with E-state index < -0.39 is 9.57 Å². The first-order valence-electron chi connectivity index (χ1n) is 2.69. The van der Waals surface area contributed by atoms with Gasteiger partial charge in [0.05, 0.1) is 0 Å². The molecule has 0 radical (unpaired) electrons. The van der Waals surface area contributed by atoms with Crippen molar-refractivity contribution in [2.45, 2.75) is 0 Å². The minimum atomic E-state index is -0.875. The Labute approximate surface area is 55.9 Å². The minimum absolute atomic E-state index is 0.875. The van der Waals surface area contributed by atoms with E-state index in [1.807, 2.05) is 30.3 Å². The van der Waals surface area contributed by atoms with E-state index in [1.54, 1.807) is 0 Å². The summed E-state index contributed by atoms with van der Waals surface area (Å²) in [5.41, 5.74) is 0.919. The lowest BCUT2D eigenvalue weighted by Crippen LogP contribution is -1.93. The highest BCUT2D eigenvalue weighted by atomic mass is 28.2. The Morgan fingerprint density at radius 1 is 1.22 bits per heavy atom. The summed E-state index contributed by atoms with van der Waals surface area (Å²) in [7, 11) is -0.875. The lowest BCUT2D eigenvalue weighted by Gasteiger charge is -1.93. The van der Waals surface area contributed by atoms with Crippen molar-refractivity contribution < 1.29 is 4.46 Å². The molecule has 0 unspecified atom stereocenters. The first-order chi connectivity index (χ1) is 4.43. The van der Waals surface area contributed by atoms with Crippen LogP contribution in [0.15, 0.2) is 30.3 Å². The minimum Gasteiger partial charge on any atom is -0.363 e. The Morgan fingerprint density at radius 3 is 2.44 bits per heavy atom. The van der Waals surface area contributed by atoms with Gasteiger partial charge in [-0.05, 0) is 12.1 Å². The average molecular weight is 137 g/mol. The van der Waals surface area contributed by atoms with Crippen molar-refractivity contribution in [1.29, 1.82) is 0 Å². The lowest BCUT2D eigenvalue weighted by atomic mass is 10.3. The fourth-order valence-electron chi connectivity index (χ4n) is 0.602. The van der Waals surface area contributed by atoms with Crippen LogP contribution in [-0.2, 0) is 4.46 Å². The van der Waals surface area contributed by atoms with Gasteiger partial charge in [0, 0.05) is 5.69 Å². The van der Waals surface area contributed by atoms with Crippen molar-refractivity contribution in [2.24, 2.45) is 0 Å². The van der Waals surface area contributed by atoms with Crippen LogP contribution in [-0.4, -0.2) is 9.57 Å². The molecule has 9 heavy (non-hydrogen) atoms. The molecule has 1 rings (SSSR count). The smallest absolute Gasteiger partial charge is 0.363 e. The van der Waals surface area contributed by atoms with Crippen LogP contribution >= 0.6 is 0 Å². The van der Waals surface area contributed by atoms with Crippen LogP contribution in [0.25, 0.3) is 0 Å². The van der Waals surface area contributed by atoms with E-state index in [0.717, 1.165) is 5.69 Å². The maximum Gasteiger partial charge on any atom is 0.381 e. The lowest BCUT2D eigenvalue weighted by molar-refractivity contribution is 0.580. The van der Waals surface area contributed by atoms with Crippen LogP contribution in [0.3, 0.4) is 0 Å². The van der Waals surface area contributed by atoms with Crippen LogP contribution in [0.4, 0.5) is 5.69 Å². The largest absolute Gasteiger partial charge is 0.381 e. The Kier molecular flexibility index (Phi) is 2.15. The summed E-state index contributed by atoms with van der Waals surface area (Å²) in [4.78, 5) is 2.74. The van der Waals surface area contributed by atoms with Gasteiger partial charge in [0.25, 0.3) is 0 Å². The first kappa shape index (κ1) is 6.16. The van der Waals surface area contributed by atoms with E-state index in [0.29, 0.717) is 0 Å². The van der Waals surface area contributed by atoms with Crippen molar-refractivity contribution in [3.05, 3.63) is 30.3 Å². The zero-order valence-electron chi connectivity index (χ0n) is 4.87. The van der Waals surface area contributed by atoms with Gasteiger partial charge >= 0.3 is 9.57 Å². The molecule has 1 N–H and O–H groups in total. The summed E-state index contributed by atoms with van der Waals surface area (Å²) in [5, 5.41) is 0. The van der Waals surface area contributed by atoms with Gasteiger partial charge in [-0.2, -0.15) is 0 Å². The Balaban J connectivity index is 2.72. The highest BCUT2D eigenvalue weighted by Gasteiger charge is 1.82. The highest BCUT2D eigenvalue weighted by molar-refractivity contribution is 6.23. The molecular weight excluding hydrogens is 130 g/mol. The zero-order chi connectivity index (χ0) is 6.53. The summed E-state index contributed by atoms with van der Waals surface area (Å²) in [6.07, 6.45) is 0. The van der Waals surface area contributed by atoms with E-state index in [4.69, 9.17) is 0 Å². The zero-order valence-corrected chi connectivity index (χ0v) is 6.03. The number of anilines is 1. The van der Waals surface area contributed by atoms with Crippen LogP contribution < -0.4 is 4.98 Å². The molecule has 0 bridgehead atoms. The van der Waals surface area contributed by atoms with E-state index >= 15 is 0 Å². The van der Waals surface area contributed by atoms with Crippen molar-refractivity contribution in [2.75, 3.05) is 4.98 Å². The Hall–Kier alpha value is -0.963. The molecule has 0 fully saturated rings.